The van der Waals surface area contributed by atoms with Crippen LogP contribution in [0.2, 0.25) is 0 Å². The lowest BCUT2D eigenvalue weighted by molar-refractivity contribution is 0.626. The van der Waals surface area contributed by atoms with Crippen LogP contribution < -0.4 is 0 Å². The van der Waals surface area contributed by atoms with Crippen molar-refractivity contribution in [3.8, 4) is 0 Å². The van der Waals surface area contributed by atoms with Crippen LogP contribution in [-0.4, -0.2) is 9.97 Å². The van der Waals surface area contributed by atoms with Gasteiger partial charge in [-0.05, 0) is 30.3 Å². The number of aromatic nitrogens is 2. The third kappa shape index (κ3) is 3.15. The highest BCUT2D eigenvalue weighted by Crippen LogP contribution is 2.20. The van der Waals surface area contributed by atoms with Gasteiger partial charge < -0.3 is 4.98 Å². The fourth-order valence-corrected chi connectivity index (χ4v) is 2.12. The first kappa shape index (κ1) is 11.3. The second-order valence-electron chi connectivity index (χ2n) is 3.12. The highest BCUT2D eigenvalue weighted by Gasteiger charge is 1.98. The predicted octanol–water partition coefficient (Wildman–Crippen LogP) is 3.57. The number of hydrogen-bond donors (Lipinski definition) is 1. The first-order valence-corrected chi connectivity index (χ1v) is 6.06. The minimum atomic E-state index is -0.221. The van der Waals surface area contributed by atoms with Crippen molar-refractivity contribution in [2.45, 2.75) is 10.6 Å². The summed E-state index contributed by atoms with van der Waals surface area (Å²) < 4.78 is 13.3. The van der Waals surface area contributed by atoms with E-state index >= 15 is 0 Å². The van der Waals surface area contributed by atoms with Gasteiger partial charge >= 0.3 is 0 Å². The zero-order chi connectivity index (χ0) is 11.4. The molecule has 1 heterocycles. The van der Waals surface area contributed by atoms with Crippen LogP contribution in [-0.2, 0) is 5.75 Å². The second kappa shape index (κ2) is 5.23. The molecule has 1 N–H and O–H groups in total. The molecule has 0 saturated carbocycles. The first-order valence-electron chi connectivity index (χ1n) is 4.66. The van der Waals surface area contributed by atoms with E-state index in [1.54, 1.807) is 36.2 Å². The molecule has 2 aromatic rings. The summed E-state index contributed by atoms with van der Waals surface area (Å²) >= 11 is 6.58. The minimum Gasteiger partial charge on any atom is -0.334 e. The Balaban J connectivity index is 2.02. The molecule has 0 atom stereocenters. The molecule has 0 radical (unpaired) electrons. The molecule has 82 valence electrons. The summed E-state index contributed by atoms with van der Waals surface area (Å²) in [4.78, 5) is 8.16. The van der Waals surface area contributed by atoms with E-state index < -0.39 is 0 Å². The Morgan fingerprint density at radius 3 is 2.69 bits per heavy atom. The van der Waals surface area contributed by atoms with E-state index in [1.165, 1.54) is 12.1 Å². The Bertz CT molecular complexity index is 522. The van der Waals surface area contributed by atoms with Crippen molar-refractivity contribution in [1.29, 1.82) is 0 Å². The van der Waals surface area contributed by atoms with E-state index in [4.69, 9.17) is 12.2 Å². The molecule has 1 aromatic carbocycles. The fraction of sp³-hybridized carbons (Fsp3) is 0.0909. The number of benzene rings is 1. The number of halogens is 1. The molecule has 2 rings (SSSR count). The Kier molecular flexibility index (Phi) is 3.69. The van der Waals surface area contributed by atoms with Crippen molar-refractivity contribution in [1.82, 2.24) is 9.97 Å². The third-order valence-electron chi connectivity index (χ3n) is 1.91. The lowest BCUT2D eigenvalue weighted by atomic mass is 10.4. The summed E-state index contributed by atoms with van der Waals surface area (Å²) in [6.45, 7) is 0. The molecule has 0 bridgehead atoms. The van der Waals surface area contributed by atoms with Gasteiger partial charge in [0.15, 0.2) is 0 Å². The van der Waals surface area contributed by atoms with Crippen molar-refractivity contribution in [3.63, 3.8) is 0 Å². The fourth-order valence-electron chi connectivity index (χ4n) is 1.17. The van der Waals surface area contributed by atoms with Crippen LogP contribution in [0.3, 0.4) is 0 Å². The van der Waals surface area contributed by atoms with Crippen LogP contribution in [0.4, 0.5) is 4.39 Å². The van der Waals surface area contributed by atoms with E-state index in [1.807, 2.05) is 0 Å². The third-order valence-corrected chi connectivity index (χ3v) is 3.17. The molecule has 1 aromatic heterocycles. The average molecular weight is 252 g/mol. The van der Waals surface area contributed by atoms with Crippen molar-refractivity contribution < 1.29 is 4.39 Å². The zero-order valence-corrected chi connectivity index (χ0v) is 9.95. The molecule has 0 amide bonds. The topological polar surface area (TPSA) is 28.7 Å². The zero-order valence-electron chi connectivity index (χ0n) is 8.31. The summed E-state index contributed by atoms with van der Waals surface area (Å²) in [7, 11) is 0. The van der Waals surface area contributed by atoms with Gasteiger partial charge in [0.25, 0.3) is 0 Å². The molecule has 0 fully saturated rings. The summed E-state index contributed by atoms with van der Waals surface area (Å²) in [5, 5.41) is 0. The van der Waals surface area contributed by atoms with Crippen LogP contribution >= 0.6 is 24.0 Å². The normalized spacial score (nSPS) is 10.3. The highest BCUT2D eigenvalue weighted by molar-refractivity contribution is 7.98. The molecule has 0 unspecified atom stereocenters. The number of hydrogen-bond acceptors (Lipinski definition) is 3. The van der Waals surface area contributed by atoms with Gasteiger partial charge in [0.05, 0.1) is 5.75 Å². The van der Waals surface area contributed by atoms with Crippen LogP contribution in [0, 0.1) is 10.5 Å². The van der Waals surface area contributed by atoms with Gasteiger partial charge in [-0.3, -0.25) is 0 Å². The Morgan fingerprint density at radius 2 is 2.00 bits per heavy atom. The molecule has 0 aliphatic rings. The maximum Gasteiger partial charge on any atom is 0.123 e. The van der Waals surface area contributed by atoms with E-state index in [0.717, 1.165) is 10.7 Å². The smallest absolute Gasteiger partial charge is 0.123 e. The van der Waals surface area contributed by atoms with Gasteiger partial charge in [0.1, 0.15) is 16.3 Å². The van der Waals surface area contributed by atoms with Crippen LogP contribution in [0.5, 0.6) is 0 Å². The predicted molar refractivity (Wildman–Crippen MR) is 65.4 cm³/mol. The molecule has 0 spiro atoms. The van der Waals surface area contributed by atoms with E-state index in [-0.39, 0.29) is 5.82 Å². The molecule has 0 aliphatic heterocycles. The Morgan fingerprint density at radius 1 is 1.25 bits per heavy atom. The number of rotatable bonds is 3. The van der Waals surface area contributed by atoms with Crippen LogP contribution in [0.15, 0.2) is 41.4 Å². The quantitative estimate of drug-likeness (QED) is 0.668. The van der Waals surface area contributed by atoms with Crippen molar-refractivity contribution >= 4 is 24.0 Å². The molecule has 0 saturated heterocycles. The molecule has 2 nitrogen and oxygen atoms in total. The van der Waals surface area contributed by atoms with E-state index in [0.29, 0.717) is 10.4 Å². The van der Waals surface area contributed by atoms with Gasteiger partial charge in [-0.1, -0.05) is 12.2 Å². The maximum atomic E-state index is 12.7. The van der Waals surface area contributed by atoms with Gasteiger partial charge in [0, 0.05) is 11.1 Å². The number of nitrogens with one attached hydrogen (secondary N) is 1. The molecular formula is C11H9FN2S2. The van der Waals surface area contributed by atoms with Gasteiger partial charge in [-0.25, -0.2) is 9.37 Å². The van der Waals surface area contributed by atoms with Crippen LogP contribution in [0.25, 0.3) is 0 Å². The molecule has 5 heteroatoms. The summed E-state index contributed by atoms with van der Waals surface area (Å²) in [6.07, 6.45) is 1.68. The Hall–Kier alpha value is -1.20. The number of thioether (sulfide) groups is 1. The van der Waals surface area contributed by atoms with E-state index in [2.05, 4.69) is 9.97 Å². The SMILES string of the molecule is Fc1ccc(SCc2nccc(=S)[nH]2)cc1. The van der Waals surface area contributed by atoms with Gasteiger partial charge in [-0.15, -0.1) is 11.8 Å². The lowest BCUT2D eigenvalue weighted by Gasteiger charge is -2.01. The van der Waals surface area contributed by atoms with Gasteiger partial charge in [-0.2, -0.15) is 0 Å². The standard InChI is InChI=1S/C11H9FN2S2/c12-8-1-3-9(4-2-8)16-7-10-13-6-5-11(15)14-10/h1-6H,7H2,(H,13,14,15). The van der Waals surface area contributed by atoms with Crippen molar-refractivity contribution in [2.24, 2.45) is 0 Å². The van der Waals surface area contributed by atoms with Crippen LogP contribution in [0.1, 0.15) is 5.82 Å². The lowest BCUT2D eigenvalue weighted by Crippen LogP contribution is -1.91. The van der Waals surface area contributed by atoms with Gasteiger partial charge in [0.2, 0.25) is 0 Å². The molecule has 16 heavy (non-hydrogen) atoms. The number of aromatic amines is 1. The largest absolute Gasteiger partial charge is 0.334 e. The Labute approximate surface area is 102 Å². The van der Waals surface area contributed by atoms with E-state index in [9.17, 15) is 4.39 Å². The maximum absolute atomic E-state index is 12.7. The minimum absolute atomic E-state index is 0.221. The number of H-pyrrole nitrogens is 1. The summed E-state index contributed by atoms with van der Waals surface area (Å²) in [5.41, 5.74) is 0. The molecular weight excluding hydrogens is 243 g/mol. The summed E-state index contributed by atoms with van der Waals surface area (Å²) in [5.74, 6) is 1.29. The van der Waals surface area contributed by atoms with Crippen molar-refractivity contribution in [3.05, 3.63) is 52.8 Å². The second-order valence-corrected chi connectivity index (χ2v) is 4.61. The number of nitrogens with zero attached hydrogens (tertiary/aromatic N) is 1. The monoisotopic (exact) mass is 252 g/mol. The van der Waals surface area contributed by atoms with Crippen molar-refractivity contribution in [2.75, 3.05) is 0 Å². The highest BCUT2D eigenvalue weighted by atomic mass is 32.2. The first-order chi connectivity index (χ1) is 7.74. The average Bonchev–Trinajstić information content (AvgIpc) is 2.28. The molecule has 0 aliphatic carbocycles. The summed E-state index contributed by atoms with van der Waals surface area (Å²) in [6, 6.07) is 8.13.